The molecule has 3 heterocycles. The van der Waals surface area contributed by atoms with Crippen LogP contribution in [0, 0.1) is 12.3 Å². The highest BCUT2D eigenvalue weighted by Gasteiger charge is 2.38. The minimum atomic E-state index is -2.58. The van der Waals surface area contributed by atoms with Gasteiger partial charge < -0.3 is 15.0 Å². The van der Waals surface area contributed by atoms with E-state index < -0.39 is 11.3 Å². The van der Waals surface area contributed by atoms with Crippen LogP contribution in [0.25, 0.3) is 10.8 Å². The number of alkyl halides is 2. The van der Waals surface area contributed by atoms with E-state index in [2.05, 4.69) is 20.3 Å². The quantitative estimate of drug-likeness (QED) is 0.699. The number of hydrogen-bond acceptors (Lipinski definition) is 7. The van der Waals surface area contributed by atoms with Crippen LogP contribution in [-0.2, 0) is 4.79 Å². The van der Waals surface area contributed by atoms with E-state index in [4.69, 9.17) is 4.74 Å². The van der Waals surface area contributed by atoms with Crippen molar-refractivity contribution in [2.75, 3.05) is 18.4 Å². The molecular formula is C22H29F2N5O2S. The topological polar surface area (TPSA) is 80.2 Å². The zero-order valence-electron chi connectivity index (χ0n) is 18.8. The van der Waals surface area contributed by atoms with Crippen LogP contribution in [0.3, 0.4) is 0 Å². The Kier molecular flexibility index (Phi) is 6.08. The number of hydrogen-bond donors (Lipinski definition) is 1. The van der Waals surface area contributed by atoms with E-state index in [0.717, 1.165) is 5.69 Å². The summed E-state index contributed by atoms with van der Waals surface area (Å²) in [6, 6.07) is 1.62. The number of nitrogens with one attached hydrogen (secondary N) is 1. The van der Waals surface area contributed by atoms with Gasteiger partial charge in [-0.2, -0.15) is 4.98 Å². The van der Waals surface area contributed by atoms with Gasteiger partial charge in [0.1, 0.15) is 11.9 Å². The van der Waals surface area contributed by atoms with Crippen LogP contribution in [0.5, 0.6) is 5.88 Å². The second kappa shape index (κ2) is 8.53. The maximum Gasteiger partial charge on any atom is 0.248 e. The summed E-state index contributed by atoms with van der Waals surface area (Å²) in [4.78, 5) is 27.7. The van der Waals surface area contributed by atoms with Crippen LogP contribution in [0.1, 0.15) is 52.1 Å². The van der Waals surface area contributed by atoms with E-state index in [1.165, 1.54) is 11.3 Å². The van der Waals surface area contributed by atoms with Crippen molar-refractivity contribution in [1.82, 2.24) is 19.9 Å². The molecule has 0 aromatic carbocycles. The van der Waals surface area contributed by atoms with Gasteiger partial charge in [-0.1, -0.05) is 20.8 Å². The third kappa shape index (κ3) is 5.33. The SMILES string of the molecule is Cc1csc(-c2nc(NC3CCC(F)(F)CC3)cc(OC3CN(C(=O)C(C)(C)C)C3)n2)n1. The van der Waals surface area contributed by atoms with Gasteiger partial charge in [-0.25, -0.2) is 18.7 Å². The molecule has 0 radical (unpaired) electrons. The Morgan fingerprint density at radius 1 is 1.22 bits per heavy atom. The average Bonchev–Trinajstić information content (AvgIpc) is 3.11. The molecule has 0 spiro atoms. The lowest BCUT2D eigenvalue weighted by Gasteiger charge is -2.41. The number of likely N-dealkylation sites (tertiary alicyclic amines) is 1. The molecule has 10 heteroatoms. The molecule has 0 atom stereocenters. The van der Waals surface area contributed by atoms with Crippen LogP contribution in [0.4, 0.5) is 14.6 Å². The molecule has 1 aliphatic carbocycles. The van der Waals surface area contributed by atoms with E-state index in [0.29, 0.717) is 48.5 Å². The first-order valence-corrected chi connectivity index (χ1v) is 11.8. The summed E-state index contributed by atoms with van der Waals surface area (Å²) in [5, 5.41) is 5.87. The molecule has 1 N–H and O–H groups in total. The number of anilines is 1. The van der Waals surface area contributed by atoms with Gasteiger partial charge in [0, 0.05) is 41.4 Å². The summed E-state index contributed by atoms with van der Waals surface area (Å²) in [6.45, 7) is 8.61. The van der Waals surface area contributed by atoms with Gasteiger partial charge in [0.05, 0.1) is 13.1 Å². The monoisotopic (exact) mass is 465 g/mol. The van der Waals surface area contributed by atoms with Gasteiger partial charge in [-0.3, -0.25) is 4.79 Å². The van der Waals surface area contributed by atoms with Gasteiger partial charge in [-0.15, -0.1) is 11.3 Å². The minimum Gasteiger partial charge on any atom is -0.470 e. The summed E-state index contributed by atoms with van der Waals surface area (Å²) >= 11 is 1.44. The molecule has 4 rings (SSSR count). The Morgan fingerprint density at radius 2 is 1.91 bits per heavy atom. The van der Waals surface area contributed by atoms with Crippen molar-refractivity contribution in [3.8, 4) is 16.7 Å². The molecule has 0 unspecified atom stereocenters. The fourth-order valence-electron chi connectivity index (χ4n) is 3.83. The van der Waals surface area contributed by atoms with E-state index in [-0.39, 0.29) is 30.9 Å². The van der Waals surface area contributed by atoms with E-state index in [9.17, 15) is 13.6 Å². The van der Waals surface area contributed by atoms with Crippen LogP contribution in [0.2, 0.25) is 0 Å². The van der Waals surface area contributed by atoms with Gasteiger partial charge in [-0.05, 0) is 19.8 Å². The standard InChI is InChI=1S/C22H29F2N5O2S/c1-13-12-32-19(25-13)18-27-16(26-14-5-7-22(23,24)8-6-14)9-17(28-18)31-15-10-29(11-15)20(30)21(2,3)4/h9,12,14-15H,5-8,10-11H2,1-4H3,(H,26,27,28). The second-order valence-electron chi connectivity index (χ2n) is 9.68. The summed E-state index contributed by atoms with van der Waals surface area (Å²) in [5.74, 6) is -1.13. The fourth-order valence-corrected chi connectivity index (χ4v) is 4.56. The van der Waals surface area contributed by atoms with Crippen LogP contribution in [-0.4, -0.2) is 56.9 Å². The second-order valence-corrected chi connectivity index (χ2v) is 10.5. The van der Waals surface area contributed by atoms with Crippen molar-refractivity contribution in [3.05, 3.63) is 17.1 Å². The van der Waals surface area contributed by atoms with Crippen molar-refractivity contribution >= 4 is 23.1 Å². The number of carbonyl (C=O) groups excluding carboxylic acids is 1. The Hall–Kier alpha value is -2.36. The number of thiazole rings is 1. The Balaban J connectivity index is 1.48. The Bertz CT molecular complexity index is 975. The molecule has 2 fully saturated rings. The molecule has 1 aliphatic heterocycles. The largest absolute Gasteiger partial charge is 0.470 e. The molecule has 1 amide bonds. The fraction of sp³-hybridized carbons (Fsp3) is 0.636. The van der Waals surface area contributed by atoms with Gasteiger partial charge >= 0.3 is 0 Å². The molecule has 2 aromatic rings. The molecule has 1 saturated heterocycles. The minimum absolute atomic E-state index is 0.0770. The van der Waals surface area contributed by atoms with Crippen molar-refractivity contribution in [2.45, 2.75) is 71.4 Å². The van der Waals surface area contributed by atoms with Gasteiger partial charge in [0.15, 0.2) is 10.8 Å². The lowest BCUT2D eigenvalue weighted by Crippen LogP contribution is -2.58. The number of halogens is 2. The van der Waals surface area contributed by atoms with E-state index in [1.54, 1.807) is 11.0 Å². The van der Waals surface area contributed by atoms with Crippen LogP contribution >= 0.6 is 11.3 Å². The molecule has 0 bridgehead atoms. The zero-order chi connectivity index (χ0) is 23.1. The number of amides is 1. The number of aromatic nitrogens is 3. The molecule has 1 saturated carbocycles. The Morgan fingerprint density at radius 3 is 2.50 bits per heavy atom. The summed E-state index contributed by atoms with van der Waals surface area (Å²) in [6.07, 6.45) is 0.356. The number of rotatable bonds is 5. The summed E-state index contributed by atoms with van der Waals surface area (Å²) in [7, 11) is 0. The van der Waals surface area contributed by atoms with Crippen molar-refractivity contribution in [1.29, 1.82) is 0 Å². The number of aryl methyl sites for hydroxylation is 1. The Labute approximate surface area is 190 Å². The van der Waals surface area contributed by atoms with Crippen LogP contribution < -0.4 is 10.1 Å². The number of carbonyl (C=O) groups is 1. The van der Waals surface area contributed by atoms with E-state index in [1.807, 2.05) is 33.1 Å². The molecule has 2 aromatic heterocycles. The lowest BCUT2D eigenvalue weighted by molar-refractivity contribution is -0.148. The molecule has 7 nitrogen and oxygen atoms in total. The smallest absolute Gasteiger partial charge is 0.248 e. The maximum absolute atomic E-state index is 13.5. The van der Waals surface area contributed by atoms with E-state index >= 15 is 0 Å². The molecular weight excluding hydrogens is 436 g/mol. The highest BCUT2D eigenvalue weighted by Crippen LogP contribution is 2.35. The average molecular weight is 466 g/mol. The van der Waals surface area contributed by atoms with Crippen molar-refractivity contribution in [2.24, 2.45) is 5.41 Å². The highest BCUT2D eigenvalue weighted by molar-refractivity contribution is 7.13. The van der Waals surface area contributed by atoms with Crippen LogP contribution in [0.15, 0.2) is 11.4 Å². The molecule has 2 aliphatic rings. The first kappa shape index (κ1) is 22.8. The zero-order valence-corrected chi connectivity index (χ0v) is 19.6. The predicted octanol–water partition coefficient (Wildman–Crippen LogP) is 4.53. The van der Waals surface area contributed by atoms with Gasteiger partial charge in [0.2, 0.25) is 17.7 Å². The van der Waals surface area contributed by atoms with Crippen molar-refractivity contribution < 1.29 is 18.3 Å². The normalized spacial score (nSPS) is 19.5. The van der Waals surface area contributed by atoms with Crippen molar-refractivity contribution in [3.63, 3.8) is 0 Å². The molecule has 174 valence electrons. The lowest BCUT2D eigenvalue weighted by atomic mass is 9.92. The third-order valence-electron chi connectivity index (χ3n) is 5.65. The third-order valence-corrected chi connectivity index (χ3v) is 6.60. The summed E-state index contributed by atoms with van der Waals surface area (Å²) in [5.41, 5.74) is 0.447. The predicted molar refractivity (Wildman–Crippen MR) is 119 cm³/mol. The maximum atomic E-state index is 13.5. The highest BCUT2D eigenvalue weighted by atomic mass is 32.1. The number of nitrogens with zero attached hydrogens (tertiary/aromatic N) is 4. The number of ether oxygens (including phenoxy) is 1. The first-order chi connectivity index (χ1) is 15.0. The first-order valence-electron chi connectivity index (χ1n) is 10.9. The summed E-state index contributed by atoms with van der Waals surface area (Å²) < 4.78 is 33.1. The molecule has 32 heavy (non-hydrogen) atoms. The van der Waals surface area contributed by atoms with Gasteiger partial charge in [0.25, 0.3) is 0 Å².